The van der Waals surface area contributed by atoms with Gasteiger partial charge in [-0.05, 0) is 13.8 Å². The molecule has 9 heteroatoms. The Morgan fingerprint density at radius 2 is 2.10 bits per heavy atom. The van der Waals surface area contributed by atoms with Gasteiger partial charge in [0.1, 0.15) is 4.90 Å². The predicted molar refractivity (Wildman–Crippen MR) is 83.0 cm³/mol. The number of hydrogen-bond donors (Lipinski definition) is 3. The van der Waals surface area contributed by atoms with Crippen LogP contribution in [0.5, 0.6) is 0 Å². The number of aromatic nitrogens is 3. The number of aryl methyl sites for hydroxylation is 2. The van der Waals surface area contributed by atoms with Gasteiger partial charge in [0.05, 0.1) is 17.1 Å². The van der Waals surface area contributed by atoms with Crippen LogP contribution in [0, 0.1) is 13.8 Å². The molecule has 21 heavy (non-hydrogen) atoms. The molecule has 0 amide bonds. The maximum atomic E-state index is 12.5. The standard InChI is InChI=1S/C12H19N5O2S2/c1-7(2)13-5-10-11(9(4)15-16-10)21(18,19)17-12-14-8(3)6-20-12/h6-7,13H,5H2,1-4H3,(H,14,17)(H,15,16). The molecule has 0 unspecified atom stereocenters. The Bertz CT molecular complexity index is 718. The van der Waals surface area contributed by atoms with Crippen molar-refractivity contribution in [2.45, 2.75) is 45.2 Å². The van der Waals surface area contributed by atoms with E-state index in [0.29, 0.717) is 23.1 Å². The van der Waals surface area contributed by atoms with Crippen molar-refractivity contribution in [1.82, 2.24) is 20.5 Å². The summed E-state index contributed by atoms with van der Waals surface area (Å²) in [5.41, 5.74) is 1.77. The van der Waals surface area contributed by atoms with Crippen LogP contribution in [0.15, 0.2) is 10.3 Å². The summed E-state index contributed by atoms with van der Waals surface area (Å²) in [6.07, 6.45) is 0. The molecular formula is C12H19N5O2S2. The molecule has 2 rings (SSSR count). The van der Waals surface area contributed by atoms with E-state index in [-0.39, 0.29) is 10.9 Å². The van der Waals surface area contributed by atoms with Gasteiger partial charge in [0.2, 0.25) is 0 Å². The van der Waals surface area contributed by atoms with Gasteiger partial charge in [-0.3, -0.25) is 9.82 Å². The molecule has 0 aliphatic carbocycles. The van der Waals surface area contributed by atoms with Crippen LogP contribution in [0.25, 0.3) is 0 Å². The molecule has 0 aromatic carbocycles. The van der Waals surface area contributed by atoms with Crippen LogP contribution in [-0.4, -0.2) is 29.6 Å². The molecule has 0 saturated heterocycles. The van der Waals surface area contributed by atoms with Gasteiger partial charge < -0.3 is 5.32 Å². The lowest BCUT2D eigenvalue weighted by Crippen LogP contribution is -2.24. The normalized spacial score (nSPS) is 12.0. The molecule has 116 valence electrons. The highest BCUT2D eigenvalue weighted by Crippen LogP contribution is 2.23. The van der Waals surface area contributed by atoms with Gasteiger partial charge in [-0.2, -0.15) is 5.10 Å². The SMILES string of the molecule is Cc1csc(NS(=O)(=O)c2c(CNC(C)C)n[nH]c2C)n1. The van der Waals surface area contributed by atoms with Crippen molar-refractivity contribution >= 4 is 26.5 Å². The molecule has 2 aromatic rings. The van der Waals surface area contributed by atoms with Gasteiger partial charge in [-0.25, -0.2) is 13.4 Å². The zero-order valence-corrected chi connectivity index (χ0v) is 14.0. The molecule has 0 atom stereocenters. The van der Waals surface area contributed by atoms with Crippen molar-refractivity contribution in [3.8, 4) is 0 Å². The number of H-pyrrole nitrogens is 1. The highest BCUT2D eigenvalue weighted by atomic mass is 32.2. The van der Waals surface area contributed by atoms with Crippen molar-refractivity contribution in [3.63, 3.8) is 0 Å². The van der Waals surface area contributed by atoms with E-state index in [1.165, 1.54) is 11.3 Å². The summed E-state index contributed by atoms with van der Waals surface area (Å²) in [4.78, 5) is 4.31. The van der Waals surface area contributed by atoms with Crippen molar-refractivity contribution in [3.05, 3.63) is 22.5 Å². The highest BCUT2D eigenvalue weighted by Gasteiger charge is 2.25. The average Bonchev–Trinajstić information content (AvgIpc) is 2.93. The largest absolute Gasteiger partial charge is 0.309 e. The summed E-state index contributed by atoms with van der Waals surface area (Å²) in [6.45, 7) is 7.87. The number of nitrogens with one attached hydrogen (secondary N) is 3. The Morgan fingerprint density at radius 3 is 2.67 bits per heavy atom. The van der Waals surface area contributed by atoms with Gasteiger partial charge in [-0.1, -0.05) is 13.8 Å². The fraction of sp³-hybridized carbons (Fsp3) is 0.500. The van der Waals surface area contributed by atoms with Crippen LogP contribution in [0.2, 0.25) is 0 Å². The molecule has 0 radical (unpaired) electrons. The molecule has 0 spiro atoms. The van der Waals surface area contributed by atoms with E-state index in [1.54, 1.807) is 12.3 Å². The maximum absolute atomic E-state index is 12.5. The first-order chi connectivity index (χ1) is 9.79. The minimum Gasteiger partial charge on any atom is -0.309 e. The topological polar surface area (TPSA) is 99.8 Å². The van der Waals surface area contributed by atoms with E-state index in [4.69, 9.17) is 0 Å². The first kappa shape index (κ1) is 15.9. The van der Waals surface area contributed by atoms with Crippen LogP contribution in [0.3, 0.4) is 0 Å². The van der Waals surface area contributed by atoms with Crippen molar-refractivity contribution in [2.75, 3.05) is 4.72 Å². The van der Waals surface area contributed by atoms with Crippen molar-refractivity contribution < 1.29 is 8.42 Å². The summed E-state index contributed by atoms with van der Waals surface area (Å²) >= 11 is 1.26. The lowest BCUT2D eigenvalue weighted by atomic mass is 10.3. The quantitative estimate of drug-likeness (QED) is 0.750. The zero-order chi connectivity index (χ0) is 15.6. The Morgan fingerprint density at radius 1 is 1.38 bits per heavy atom. The number of thiazole rings is 1. The molecule has 0 bridgehead atoms. The summed E-state index contributed by atoms with van der Waals surface area (Å²) < 4.78 is 27.6. The third kappa shape index (κ3) is 3.80. The fourth-order valence-corrected chi connectivity index (χ4v) is 4.12. The van der Waals surface area contributed by atoms with E-state index < -0.39 is 10.0 Å². The molecule has 7 nitrogen and oxygen atoms in total. The smallest absolute Gasteiger partial charge is 0.267 e. The minimum atomic E-state index is -3.70. The van der Waals surface area contributed by atoms with E-state index >= 15 is 0 Å². The zero-order valence-electron chi connectivity index (χ0n) is 12.4. The van der Waals surface area contributed by atoms with Gasteiger partial charge in [0.15, 0.2) is 5.13 Å². The molecule has 0 saturated carbocycles. The molecule has 0 fully saturated rings. The third-order valence-electron chi connectivity index (χ3n) is 2.75. The van der Waals surface area contributed by atoms with Gasteiger partial charge >= 0.3 is 0 Å². The highest BCUT2D eigenvalue weighted by molar-refractivity contribution is 7.93. The molecule has 0 aliphatic rings. The number of nitrogens with zero attached hydrogens (tertiary/aromatic N) is 2. The van der Waals surface area contributed by atoms with E-state index in [9.17, 15) is 8.42 Å². The van der Waals surface area contributed by atoms with Crippen LogP contribution in [0.1, 0.15) is 30.9 Å². The number of hydrogen-bond acceptors (Lipinski definition) is 6. The Labute approximate surface area is 128 Å². The average molecular weight is 329 g/mol. The molecule has 2 aromatic heterocycles. The number of anilines is 1. The van der Waals surface area contributed by atoms with Crippen LogP contribution in [0.4, 0.5) is 5.13 Å². The van der Waals surface area contributed by atoms with Gasteiger partial charge in [0, 0.05) is 18.0 Å². The Hall–Kier alpha value is -1.45. The maximum Gasteiger partial charge on any atom is 0.267 e. The van der Waals surface area contributed by atoms with Gasteiger partial charge in [-0.15, -0.1) is 11.3 Å². The number of aromatic amines is 1. The van der Waals surface area contributed by atoms with E-state index in [1.807, 2.05) is 20.8 Å². The lowest BCUT2D eigenvalue weighted by molar-refractivity contribution is 0.570. The van der Waals surface area contributed by atoms with Crippen molar-refractivity contribution in [1.29, 1.82) is 0 Å². The first-order valence-electron chi connectivity index (χ1n) is 6.51. The summed E-state index contributed by atoms with van der Waals surface area (Å²) in [6, 6.07) is 0.243. The Kier molecular flexibility index (Phi) is 4.64. The second-order valence-electron chi connectivity index (χ2n) is 5.06. The van der Waals surface area contributed by atoms with E-state index in [0.717, 1.165) is 5.69 Å². The van der Waals surface area contributed by atoms with E-state index in [2.05, 4.69) is 25.2 Å². The molecule has 2 heterocycles. The number of sulfonamides is 1. The lowest BCUT2D eigenvalue weighted by Gasteiger charge is -2.09. The fourth-order valence-electron chi connectivity index (χ4n) is 1.81. The van der Waals surface area contributed by atoms with Gasteiger partial charge in [0.25, 0.3) is 10.0 Å². The second kappa shape index (κ2) is 6.12. The first-order valence-corrected chi connectivity index (χ1v) is 8.88. The van der Waals surface area contributed by atoms with Crippen LogP contribution >= 0.6 is 11.3 Å². The van der Waals surface area contributed by atoms with Crippen molar-refractivity contribution in [2.24, 2.45) is 0 Å². The summed E-state index contributed by atoms with van der Waals surface area (Å²) in [7, 11) is -3.70. The monoisotopic (exact) mass is 329 g/mol. The minimum absolute atomic E-state index is 0.184. The predicted octanol–water partition coefficient (Wildman–Crippen LogP) is 1.78. The molecule has 3 N–H and O–H groups in total. The summed E-state index contributed by atoms with van der Waals surface area (Å²) in [5.74, 6) is 0. The molecular weight excluding hydrogens is 310 g/mol. The van der Waals surface area contributed by atoms with Crippen LogP contribution < -0.4 is 10.0 Å². The third-order valence-corrected chi connectivity index (χ3v) is 5.29. The number of rotatable bonds is 6. The summed E-state index contributed by atoms with van der Waals surface area (Å²) in [5, 5.41) is 12.1. The second-order valence-corrected chi connectivity index (χ2v) is 7.54. The Balaban J connectivity index is 2.28. The van der Waals surface area contributed by atoms with Crippen LogP contribution in [-0.2, 0) is 16.6 Å². The molecule has 0 aliphatic heterocycles.